The number of hydrogen-bond donors (Lipinski definition) is 2. The number of nitrogens with one attached hydrogen (secondary N) is 1. The second-order valence-electron chi connectivity index (χ2n) is 5.94. The number of nitrogens with zero attached hydrogens (tertiary/aromatic N) is 1. The summed E-state index contributed by atoms with van der Waals surface area (Å²) in [4.78, 5) is 26.8. The van der Waals surface area contributed by atoms with Crippen molar-refractivity contribution in [3.05, 3.63) is 41.5 Å². The third-order valence-corrected chi connectivity index (χ3v) is 4.11. The van der Waals surface area contributed by atoms with E-state index >= 15 is 0 Å². The molecule has 1 aliphatic rings. The number of unbranched alkanes of at least 4 members (excludes halogenated alkanes) is 1. The van der Waals surface area contributed by atoms with Gasteiger partial charge in [-0.15, -0.1) is 0 Å². The molecule has 0 spiro atoms. The zero-order valence-electron chi connectivity index (χ0n) is 13.4. The number of carbonyl (C=O) groups excluding carboxylic acids is 2. The summed E-state index contributed by atoms with van der Waals surface area (Å²) >= 11 is 0. The van der Waals surface area contributed by atoms with Crippen molar-refractivity contribution < 1.29 is 9.59 Å². The maximum absolute atomic E-state index is 12.7. The summed E-state index contributed by atoms with van der Waals surface area (Å²) in [5.41, 5.74) is 7.82. The highest BCUT2D eigenvalue weighted by atomic mass is 16.2. The molecule has 5 nitrogen and oxygen atoms in total. The van der Waals surface area contributed by atoms with Crippen LogP contribution in [0.25, 0.3) is 10.8 Å². The van der Waals surface area contributed by atoms with Gasteiger partial charge in [0.1, 0.15) is 0 Å². The molecule has 1 aliphatic heterocycles. The Bertz CT molecular complexity index is 761. The molecule has 3 rings (SSSR count). The van der Waals surface area contributed by atoms with Gasteiger partial charge in [0.25, 0.3) is 11.8 Å². The summed E-state index contributed by atoms with van der Waals surface area (Å²) in [6.45, 7) is 4.35. The quantitative estimate of drug-likeness (QED) is 0.657. The van der Waals surface area contributed by atoms with Crippen LogP contribution in [0.15, 0.2) is 30.3 Å². The van der Waals surface area contributed by atoms with E-state index in [0.29, 0.717) is 17.7 Å². The van der Waals surface area contributed by atoms with Gasteiger partial charge in [-0.05, 0) is 31.5 Å². The molecule has 0 saturated heterocycles. The lowest BCUT2D eigenvalue weighted by atomic mass is 9.93. The van der Waals surface area contributed by atoms with Crippen molar-refractivity contribution in [1.29, 1.82) is 0 Å². The van der Waals surface area contributed by atoms with E-state index in [1.807, 2.05) is 32.0 Å². The zero-order chi connectivity index (χ0) is 16.6. The van der Waals surface area contributed by atoms with Crippen molar-refractivity contribution in [1.82, 2.24) is 4.90 Å². The van der Waals surface area contributed by atoms with Crippen LogP contribution in [0.1, 0.15) is 47.4 Å². The van der Waals surface area contributed by atoms with Gasteiger partial charge < -0.3 is 11.1 Å². The first-order chi connectivity index (χ1) is 11.0. The Morgan fingerprint density at radius 3 is 2.48 bits per heavy atom. The van der Waals surface area contributed by atoms with Crippen LogP contribution in [0.5, 0.6) is 0 Å². The van der Waals surface area contributed by atoms with Crippen molar-refractivity contribution >= 4 is 28.3 Å². The molecule has 0 saturated carbocycles. The molecule has 3 N–H and O–H groups in total. The average Bonchev–Trinajstić information content (AvgIpc) is 2.53. The fourth-order valence-electron chi connectivity index (χ4n) is 3.04. The largest absolute Gasteiger partial charge is 0.370 e. The first-order valence-corrected chi connectivity index (χ1v) is 7.98. The summed E-state index contributed by atoms with van der Waals surface area (Å²) in [5, 5.41) is 4.75. The van der Waals surface area contributed by atoms with Crippen molar-refractivity contribution in [2.75, 3.05) is 11.9 Å². The first-order valence-electron chi connectivity index (χ1n) is 7.98. The molecule has 0 aromatic heterocycles. The number of anilines is 1. The van der Waals surface area contributed by atoms with Crippen LogP contribution >= 0.6 is 0 Å². The minimum Gasteiger partial charge on any atom is -0.370 e. The second kappa shape index (κ2) is 6.01. The SMILES string of the molecule is CCCCN1C(=O)c2cccc3c(NC(C)N)ccc(c23)C1=O. The number of imide groups is 1. The smallest absolute Gasteiger partial charge is 0.261 e. The number of hydrogen-bond acceptors (Lipinski definition) is 4. The Hall–Kier alpha value is -2.40. The molecular formula is C18H21N3O2. The van der Waals surface area contributed by atoms with Gasteiger partial charge in [0.15, 0.2) is 0 Å². The second-order valence-corrected chi connectivity index (χ2v) is 5.94. The summed E-state index contributed by atoms with van der Waals surface area (Å²) in [6, 6.07) is 9.19. The van der Waals surface area contributed by atoms with Crippen LogP contribution in [-0.2, 0) is 0 Å². The molecular weight excluding hydrogens is 290 g/mol. The molecule has 2 aromatic rings. The van der Waals surface area contributed by atoms with E-state index in [1.54, 1.807) is 12.1 Å². The third kappa shape index (κ3) is 2.57. The lowest BCUT2D eigenvalue weighted by Crippen LogP contribution is -2.40. The van der Waals surface area contributed by atoms with E-state index in [0.717, 1.165) is 29.3 Å². The molecule has 1 heterocycles. The zero-order valence-corrected chi connectivity index (χ0v) is 13.4. The van der Waals surface area contributed by atoms with Gasteiger partial charge in [0, 0.05) is 34.1 Å². The minimum absolute atomic E-state index is 0.209. The van der Waals surface area contributed by atoms with Crippen molar-refractivity contribution in [3.63, 3.8) is 0 Å². The fourth-order valence-corrected chi connectivity index (χ4v) is 3.04. The molecule has 0 fully saturated rings. The van der Waals surface area contributed by atoms with Crippen LogP contribution in [-0.4, -0.2) is 29.4 Å². The normalized spacial score (nSPS) is 15.2. The maximum Gasteiger partial charge on any atom is 0.261 e. The Kier molecular flexibility index (Phi) is 4.05. The summed E-state index contributed by atoms with van der Waals surface area (Å²) in [6.07, 6.45) is 1.53. The molecule has 0 bridgehead atoms. The molecule has 0 aliphatic carbocycles. The monoisotopic (exact) mass is 311 g/mol. The molecule has 2 amide bonds. The van der Waals surface area contributed by atoms with E-state index in [4.69, 9.17) is 5.73 Å². The molecule has 0 radical (unpaired) electrons. The lowest BCUT2D eigenvalue weighted by Gasteiger charge is -2.28. The Balaban J connectivity index is 2.17. The van der Waals surface area contributed by atoms with Gasteiger partial charge in [-0.2, -0.15) is 0 Å². The molecule has 23 heavy (non-hydrogen) atoms. The Labute approximate surface area is 135 Å². The standard InChI is InChI=1S/C18H21N3O2/c1-3-4-10-21-17(22)13-7-5-6-12-15(20-11(2)19)9-8-14(16(12)13)18(21)23/h5-9,11,20H,3-4,10,19H2,1-2H3. The van der Waals surface area contributed by atoms with Crippen LogP contribution < -0.4 is 11.1 Å². The summed E-state index contributed by atoms with van der Waals surface area (Å²) in [5.74, 6) is -0.418. The van der Waals surface area contributed by atoms with Crippen LogP contribution in [0.4, 0.5) is 5.69 Å². The van der Waals surface area contributed by atoms with E-state index in [9.17, 15) is 9.59 Å². The number of nitrogens with two attached hydrogens (primary N) is 1. The number of amides is 2. The Morgan fingerprint density at radius 2 is 1.83 bits per heavy atom. The van der Waals surface area contributed by atoms with Gasteiger partial charge in [0.05, 0.1) is 6.17 Å². The minimum atomic E-state index is -0.219. The van der Waals surface area contributed by atoms with Crippen LogP contribution in [0.3, 0.4) is 0 Å². The summed E-state index contributed by atoms with van der Waals surface area (Å²) in [7, 11) is 0. The highest BCUT2D eigenvalue weighted by Crippen LogP contribution is 2.34. The maximum atomic E-state index is 12.7. The topological polar surface area (TPSA) is 75.4 Å². The van der Waals surface area contributed by atoms with Crippen LogP contribution in [0.2, 0.25) is 0 Å². The van der Waals surface area contributed by atoms with Gasteiger partial charge >= 0.3 is 0 Å². The molecule has 5 heteroatoms. The summed E-state index contributed by atoms with van der Waals surface area (Å²) < 4.78 is 0. The van der Waals surface area contributed by atoms with Gasteiger partial charge in [-0.1, -0.05) is 25.5 Å². The predicted octanol–water partition coefficient (Wildman–Crippen LogP) is 2.95. The van der Waals surface area contributed by atoms with Crippen molar-refractivity contribution in [2.45, 2.75) is 32.9 Å². The number of carbonyl (C=O) groups is 2. The predicted molar refractivity (Wildman–Crippen MR) is 91.5 cm³/mol. The molecule has 120 valence electrons. The van der Waals surface area contributed by atoms with Crippen LogP contribution in [0, 0.1) is 0 Å². The van der Waals surface area contributed by atoms with Crippen molar-refractivity contribution in [2.24, 2.45) is 5.73 Å². The van der Waals surface area contributed by atoms with E-state index in [-0.39, 0.29) is 18.0 Å². The highest BCUT2D eigenvalue weighted by Gasteiger charge is 2.32. The van der Waals surface area contributed by atoms with Gasteiger partial charge in [-0.3, -0.25) is 14.5 Å². The number of benzene rings is 2. The van der Waals surface area contributed by atoms with Gasteiger partial charge in [0.2, 0.25) is 0 Å². The van der Waals surface area contributed by atoms with Gasteiger partial charge in [-0.25, -0.2) is 0 Å². The molecule has 2 aromatic carbocycles. The molecule has 1 atom stereocenters. The van der Waals surface area contributed by atoms with E-state index < -0.39 is 0 Å². The number of rotatable bonds is 5. The first kappa shape index (κ1) is 15.5. The van der Waals surface area contributed by atoms with Crippen molar-refractivity contribution in [3.8, 4) is 0 Å². The van der Waals surface area contributed by atoms with E-state index in [2.05, 4.69) is 5.32 Å². The van der Waals surface area contributed by atoms with E-state index in [1.165, 1.54) is 4.90 Å². The highest BCUT2D eigenvalue weighted by molar-refractivity contribution is 6.26. The fraction of sp³-hybridized carbons (Fsp3) is 0.333. The molecule has 1 unspecified atom stereocenters. The Morgan fingerprint density at radius 1 is 1.13 bits per heavy atom. The lowest BCUT2D eigenvalue weighted by molar-refractivity contribution is 0.0608. The third-order valence-electron chi connectivity index (χ3n) is 4.11. The average molecular weight is 311 g/mol.